The summed E-state index contributed by atoms with van der Waals surface area (Å²) < 4.78 is 4.16. The van der Waals surface area contributed by atoms with Crippen LogP contribution in [0.15, 0.2) is 18.7 Å². The minimum absolute atomic E-state index is 0. The van der Waals surface area contributed by atoms with Crippen LogP contribution in [-0.2, 0) is 13.6 Å². The van der Waals surface area contributed by atoms with Crippen molar-refractivity contribution >= 4 is 0 Å². The topological polar surface area (TPSA) is 45.3 Å². The van der Waals surface area contributed by atoms with Gasteiger partial charge < -0.3 is 31.0 Å². The number of rotatable bonds is 1. The van der Waals surface area contributed by atoms with Crippen LogP contribution in [0.1, 0.15) is 6.92 Å². The minimum atomic E-state index is 0. The van der Waals surface area contributed by atoms with Crippen molar-refractivity contribution in [3.05, 3.63) is 18.7 Å². The van der Waals surface area contributed by atoms with Gasteiger partial charge in [-0.25, -0.2) is 9.13 Å². The highest BCUT2D eigenvalue weighted by molar-refractivity contribution is 4.63. The first kappa shape index (κ1) is 17.0. The standard InChI is InChI=1S/C6H11N2.2ClH.H3N/c1-3-8-5-4-7(2)6-8;;;/h4-6H,3H2,1-2H3;2*1H;1H3/q+1;;;/p-1. The van der Waals surface area contributed by atoms with Crippen molar-refractivity contribution in [1.29, 1.82) is 0 Å². The fourth-order valence-electron chi connectivity index (χ4n) is 0.689. The van der Waals surface area contributed by atoms with Gasteiger partial charge in [-0.15, -0.1) is 0 Å². The highest BCUT2D eigenvalue weighted by Crippen LogP contribution is 1.79. The van der Waals surface area contributed by atoms with Crippen LogP contribution in [0, 0.1) is 0 Å². The van der Waals surface area contributed by atoms with Gasteiger partial charge >= 0.3 is 0 Å². The highest BCUT2D eigenvalue weighted by atomic mass is 35.5. The maximum Gasteiger partial charge on any atom is 0.243 e. The van der Waals surface area contributed by atoms with Gasteiger partial charge in [-0.2, -0.15) is 0 Å². The summed E-state index contributed by atoms with van der Waals surface area (Å²) >= 11 is 0. The van der Waals surface area contributed by atoms with Crippen LogP contribution < -0.4 is 35.5 Å². The molecule has 0 spiro atoms. The molecule has 1 aromatic rings. The smallest absolute Gasteiger partial charge is 0.243 e. The second-order valence-corrected chi connectivity index (χ2v) is 1.91. The van der Waals surface area contributed by atoms with Crippen molar-refractivity contribution in [3.8, 4) is 0 Å². The summed E-state index contributed by atoms with van der Waals surface area (Å²) in [6.07, 6.45) is 6.14. The van der Waals surface area contributed by atoms with E-state index in [-0.39, 0.29) is 31.0 Å². The van der Waals surface area contributed by atoms with Gasteiger partial charge in [-0.3, -0.25) is 0 Å². The molecule has 0 saturated carbocycles. The summed E-state index contributed by atoms with van der Waals surface area (Å²) in [4.78, 5) is 0. The van der Waals surface area contributed by atoms with Crippen molar-refractivity contribution in [2.75, 3.05) is 0 Å². The van der Waals surface area contributed by atoms with Crippen LogP contribution in [0.4, 0.5) is 0 Å². The van der Waals surface area contributed by atoms with Crippen LogP contribution >= 0.6 is 0 Å². The summed E-state index contributed by atoms with van der Waals surface area (Å²) in [6, 6.07) is 0. The van der Waals surface area contributed by atoms with E-state index in [9.17, 15) is 0 Å². The average Bonchev–Trinajstić information content (AvgIpc) is 2.14. The Bertz CT molecular complexity index is 176. The van der Waals surface area contributed by atoms with Gasteiger partial charge in [0.05, 0.1) is 13.6 Å². The molecule has 0 saturated heterocycles. The number of halogens is 2. The molecule has 3 nitrogen and oxygen atoms in total. The Morgan fingerprint density at radius 2 is 1.91 bits per heavy atom. The number of hydrogen-bond acceptors (Lipinski definition) is 0. The Morgan fingerprint density at radius 1 is 1.36 bits per heavy atom. The summed E-state index contributed by atoms with van der Waals surface area (Å²) in [7, 11) is 2.02. The third kappa shape index (κ3) is 5.07. The SMILES string of the molecule is CCn1cc[n+](C)c1.[Cl-].[Cl-].[NH4+]. The molecule has 0 aliphatic carbocycles. The van der Waals surface area contributed by atoms with E-state index < -0.39 is 0 Å². The third-order valence-electron chi connectivity index (χ3n) is 1.19. The van der Waals surface area contributed by atoms with Gasteiger partial charge in [0.1, 0.15) is 12.4 Å². The largest absolute Gasteiger partial charge is 1.00 e. The van der Waals surface area contributed by atoms with Gasteiger partial charge in [-0.1, -0.05) is 0 Å². The Balaban J connectivity index is -0.000000213. The van der Waals surface area contributed by atoms with Crippen LogP contribution in [-0.4, -0.2) is 4.57 Å². The molecule has 1 heterocycles. The van der Waals surface area contributed by atoms with Gasteiger partial charge in [0, 0.05) is 0 Å². The van der Waals surface area contributed by atoms with Gasteiger partial charge in [0.25, 0.3) is 0 Å². The van der Waals surface area contributed by atoms with E-state index in [1.54, 1.807) is 0 Å². The number of aromatic nitrogens is 2. The Hall–Kier alpha value is -0.250. The molecule has 0 radical (unpaired) electrons. The molecule has 0 aliphatic rings. The normalized spacial score (nSPS) is 7.09. The van der Waals surface area contributed by atoms with Crippen molar-refractivity contribution in [1.82, 2.24) is 10.7 Å². The van der Waals surface area contributed by atoms with E-state index in [2.05, 4.69) is 24.0 Å². The van der Waals surface area contributed by atoms with Crippen LogP contribution in [0.2, 0.25) is 0 Å². The predicted octanol–water partition coefficient (Wildman–Crippen LogP) is -5.28. The van der Waals surface area contributed by atoms with Crippen molar-refractivity contribution in [3.63, 3.8) is 0 Å². The lowest BCUT2D eigenvalue weighted by Crippen LogP contribution is -3.00. The van der Waals surface area contributed by atoms with E-state index in [4.69, 9.17) is 0 Å². The first-order valence-electron chi connectivity index (χ1n) is 2.84. The molecule has 0 unspecified atom stereocenters. The fraction of sp³-hybridized carbons (Fsp3) is 0.500. The van der Waals surface area contributed by atoms with Crippen molar-refractivity contribution in [2.24, 2.45) is 7.05 Å². The zero-order valence-corrected chi connectivity index (χ0v) is 8.60. The molecule has 0 atom stereocenters. The van der Waals surface area contributed by atoms with E-state index in [0.717, 1.165) is 6.54 Å². The first-order chi connectivity index (χ1) is 3.83. The average molecular weight is 200 g/mol. The van der Waals surface area contributed by atoms with E-state index in [1.165, 1.54) is 0 Å². The summed E-state index contributed by atoms with van der Waals surface area (Å²) in [6.45, 7) is 3.18. The number of nitrogens with zero attached hydrogens (tertiary/aromatic N) is 2. The molecule has 0 fully saturated rings. The highest BCUT2D eigenvalue weighted by Gasteiger charge is 1.92. The van der Waals surface area contributed by atoms with E-state index >= 15 is 0 Å². The van der Waals surface area contributed by atoms with E-state index in [0.29, 0.717) is 0 Å². The molecular weight excluding hydrogens is 185 g/mol. The van der Waals surface area contributed by atoms with Crippen LogP contribution in [0.3, 0.4) is 0 Å². The quantitative estimate of drug-likeness (QED) is 0.440. The van der Waals surface area contributed by atoms with Crippen molar-refractivity contribution in [2.45, 2.75) is 13.5 Å². The lowest BCUT2D eigenvalue weighted by Gasteiger charge is -1.81. The van der Waals surface area contributed by atoms with Crippen LogP contribution in [0.25, 0.3) is 0 Å². The Morgan fingerprint density at radius 3 is 2.09 bits per heavy atom. The zero-order chi connectivity index (χ0) is 5.98. The predicted molar refractivity (Wildman–Crippen MR) is 37.3 cm³/mol. The van der Waals surface area contributed by atoms with Crippen LogP contribution in [0.5, 0.6) is 0 Å². The lowest BCUT2D eigenvalue weighted by molar-refractivity contribution is -0.671. The van der Waals surface area contributed by atoms with Gasteiger partial charge in [0.2, 0.25) is 6.33 Å². The molecule has 68 valence electrons. The molecule has 1 aromatic heterocycles. The maximum atomic E-state index is 2.12. The Kier molecular flexibility index (Phi) is 12.1. The molecule has 11 heavy (non-hydrogen) atoms. The second kappa shape index (κ2) is 7.85. The zero-order valence-electron chi connectivity index (χ0n) is 7.09. The summed E-state index contributed by atoms with van der Waals surface area (Å²) in [5, 5.41) is 0. The Labute approximate surface area is 79.8 Å². The third-order valence-corrected chi connectivity index (χ3v) is 1.19. The molecule has 0 aliphatic heterocycles. The summed E-state index contributed by atoms with van der Waals surface area (Å²) in [5.41, 5.74) is 0. The number of imidazole rings is 1. The molecule has 4 N–H and O–H groups in total. The number of aryl methyl sites for hydroxylation is 2. The second-order valence-electron chi connectivity index (χ2n) is 1.91. The first-order valence-corrected chi connectivity index (χ1v) is 2.84. The lowest BCUT2D eigenvalue weighted by atomic mass is 10.7. The summed E-state index contributed by atoms with van der Waals surface area (Å²) in [5.74, 6) is 0. The number of quaternary nitrogens is 1. The maximum absolute atomic E-state index is 2.12. The molecule has 0 amide bonds. The molecule has 0 bridgehead atoms. The molecular formula is C6H15Cl2N3. The van der Waals surface area contributed by atoms with Gasteiger partial charge in [-0.05, 0) is 6.92 Å². The fourth-order valence-corrected chi connectivity index (χ4v) is 0.689. The van der Waals surface area contributed by atoms with E-state index in [1.807, 2.05) is 17.8 Å². The van der Waals surface area contributed by atoms with Gasteiger partial charge in [0.15, 0.2) is 0 Å². The monoisotopic (exact) mass is 199 g/mol. The molecule has 5 heteroatoms. The van der Waals surface area contributed by atoms with Crippen molar-refractivity contribution < 1.29 is 29.4 Å². The molecule has 0 aromatic carbocycles. The molecule has 1 rings (SSSR count). The minimum Gasteiger partial charge on any atom is -1.00 e. The number of hydrogen-bond donors (Lipinski definition) is 1.